The lowest BCUT2D eigenvalue weighted by molar-refractivity contribution is -0.385. The number of sulfonamides is 1. The van der Waals surface area contributed by atoms with Gasteiger partial charge < -0.3 is 5.32 Å². The van der Waals surface area contributed by atoms with E-state index < -0.39 is 20.9 Å². The van der Waals surface area contributed by atoms with E-state index >= 15 is 0 Å². The highest BCUT2D eigenvalue weighted by Gasteiger charge is 2.16. The van der Waals surface area contributed by atoms with Gasteiger partial charge in [-0.2, -0.15) is 0 Å². The summed E-state index contributed by atoms with van der Waals surface area (Å²) in [4.78, 5) is 22.8. The molecule has 0 aliphatic rings. The normalized spacial score (nSPS) is 10.9. The standard InChI is InChI=1S/C15H15N3O5S/c1-10-7-8-11(9-14(10)18(20)21)16-15(19)12-5-3-4-6-13(12)17-24(2,22)23/h3-9,17H,1-2H3,(H,16,19). The average Bonchev–Trinajstić information content (AvgIpc) is 2.47. The number of nitrogens with zero attached hydrogens (tertiary/aromatic N) is 1. The molecule has 0 aliphatic carbocycles. The Morgan fingerprint density at radius 2 is 1.83 bits per heavy atom. The lowest BCUT2D eigenvalue weighted by Crippen LogP contribution is -2.17. The van der Waals surface area contributed by atoms with Gasteiger partial charge in [0.1, 0.15) is 0 Å². The number of benzene rings is 2. The minimum Gasteiger partial charge on any atom is -0.322 e. The summed E-state index contributed by atoms with van der Waals surface area (Å²) in [5.74, 6) is -0.583. The van der Waals surface area contributed by atoms with Gasteiger partial charge in [0.25, 0.3) is 11.6 Å². The summed E-state index contributed by atoms with van der Waals surface area (Å²) in [6, 6.07) is 10.4. The summed E-state index contributed by atoms with van der Waals surface area (Å²) in [6.45, 7) is 1.59. The van der Waals surface area contributed by atoms with Gasteiger partial charge in [-0.15, -0.1) is 0 Å². The maximum absolute atomic E-state index is 12.4. The van der Waals surface area contributed by atoms with Crippen molar-refractivity contribution in [3.8, 4) is 0 Å². The molecular weight excluding hydrogens is 334 g/mol. The Morgan fingerprint density at radius 1 is 1.17 bits per heavy atom. The molecule has 1 amide bonds. The number of nitrogens with one attached hydrogen (secondary N) is 2. The summed E-state index contributed by atoms with van der Waals surface area (Å²) >= 11 is 0. The van der Waals surface area contributed by atoms with Crippen LogP contribution in [0, 0.1) is 17.0 Å². The molecule has 0 aliphatic heterocycles. The van der Waals surface area contributed by atoms with E-state index in [0.29, 0.717) is 5.56 Å². The third-order valence-corrected chi connectivity index (χ3v) is 3.72. The van der Waals surface area contributed by atoms with Crippen LogP contribution in [0.25, 0.3) is 0 Å². The molecule has 0 bridgehead atoms. The minimum absolute atomic E-state index is 0.103. The van der Waals surface area contributed by atoms with Gasteiger partial charge in [-0.3, -0.25) is 19.6 Å². The first kappa shape index (κ1) is 17.4. The number of carbonyl (C=O) groups excluding carboxylic acids is 1. The molecule has 2 aromatic carbocycles. The second kappa shape index (κ2) is 6.67. The van der Waals surface area contributed by atoms with Gasteiger partial charge in [-0.1, -0.05) is 18.2 Å². The molecule has 0 atom stereocenters. The van der Waals surface area contributed by atoms with E-state index in [-0.39, 0.29) is 22.6 Å². The van der Waals surface area contributed by atoms with Crippen molar-refractivity contribution in [3.05, 3.63) is 63.7 Å². The van der Waals surface area contributed by atoms with Crippen molar-refractivity contribution in [3.63, 3.8) is 0 Å². The number of rotatable bonds is 5. The summed E-state index contributed by atoms with van der Waals surface area (Å²) in [5, 5.41) is 13.5. The van der Waals surface area contributed by atoms with Crippen LogP contribution in [-0.4, -0.2) is 25.5 Å². The number of carbonyl (C=O) groups is 1. The highest BCUT2D eigenvalue weighted by Crippen LogP contribution is 2.24. The van der Waals surface area contributed by atoms with Crippen molar-refractivity contribution in [1.82, 2.24) is 0 Å². The lowest BCUT2D eigenvalue weighted by Gasteiger charge is -2.11. The third-order valence-electron chi connectivity index (χ3n) is 3.13. The Labute approximate surface area is 138 Å². The van der Waals surface area contributed by atoms with Gasteiger partial charge in [0.2, 0.25) is 10.0 Å². The van der Waals surface area contributed by atoms with Crippen molar-refractivity contribution >= 4 is 33.0 Å². The van der Waals surface area contributed by atoms with Gasteiger partial charge in [-0.25, -0.2) is 8.42 Å². The van der Waals surface area contributed by atoms with Crippen molar-refractivity contribution < 1.29 is 18.1 Å². The monoisotopic (exact) mass is 349 g/mol. The molecule has 2 rings (SSSR count). The fraction of sp³-hybridized carbons (Fsp3) is 0.133. The van der Waals surface area contributed by atoms with Crippen LogP contribution in [-0.2, 0) is 10.0 Å². The van der Waals surface area contributed by atoms with Crippen LogP contribution in [0.15, 0.2) is 42.5 Å². The number of nitro groups is 1. The summed E-state index contributed by atoms with van der Waals surface area (Å²) < 4.78 is 25.0. The van der Waals surface area contributed by atoms with E-state index in [9.17, 15) is 23.3 Å². The number of hydrogen-bond donors (Lipinski definition) is 2. The molecular formula is C15H15N3O5S. The van der Waals surface area contributed by atoms with Crippen molar-refractivity contribution in [2.24, 2.45) is 0 Å². The zero-order valence-electron chi connectivity index (χ0n) is 12.9. The van der Waals surface area contributed by atoms with Crippen LogP contribution in [0.3, 0.4) is 0 Å². The van der Waals surface area contributed by atoms with E-state index in [2.05, 4.69) is 10.0 Å². The number of para-hydroxylation sites is 1. The van der Waals surface area contributed by atoms with Gasteiger partial charge >= 0.3 is 0 Å². The zero-order valence-corrected chi connectivity index (χ0v) is 13.8. The molecule has 8 nitrogen and oxygen atoms in total. The number of amides is 1. The summed E-state index contributed by atoms with van der Waals surface area (Å²) in [6.07, 6.45) is 0.977. The second-order valence-corrected chi connectivity index (χ2v) is 6.88. The first-order chi connectivity index (χ1) is 11.2. The van der Waals surface area contributed by atoms with Crippen molar-refractivity contribution in [2.45, 2.75) is 6.92 Å². The van der Waals surface area contributed by atoms with Gasteiger partial charge in [-0.05, 0) is 25.1 Å². The van der Waals surface area contributed by atoms with Gasteiger partial charge in [0.05, 0.1) is 22.4 Å². The molecule has 126 valence electrons. The molecule has 0 fully saturated rings. The first-order valence-electron chi connectivity index (χ1n) is 6.80. The largest absolute Gasteiger partial charge is 0.322 e. The van der Waals surface area contributed by atoms with Gasteiger partial charge in [0, 0.05) is 17.3 Å². The molecule has 2 aromatic rings. The fourth-order valence-electron chi connectivity index (χ4n) is 2.05. The van der Waals surface area contributed by atoms with Crippen LogP contribution in [0.1, 0.15) is 15.9 Å². The lowest BCUT2D eigenvalue weighted by atomic mass is 10.1. The Balaban J connectivity index is 2.31. The maximum atomic E-state index is 12.4. The number of nitro benzene ring substituents is 1. The van der Waals surface area contributed by atoms with Crippen LogP contribution in [0.5, 0.6) is 0 Å². The quantitative estimate of drug-likeness (QED) is 0.635. The second-order valence-electron chi connectivity index (χ2n) is 5.13. The molecule has 0 spiro atoms. The van der Waals surface area contributed by atoms with Crippen LogP contribution >= 0.6 is 0 Å². The molecule has 0 aromatic heterocycles. The maximum Gasteiger partial charge on any atom is 0.274 e. The van der Waals surface area contributed by atoms with E-state index in [0.717, 1.165) is 6.26 Å². The van der Waals surface area contributed by atoms with Crippen LogP contribution in [0.4, 0.5) is 17.1 Å². The van der Waals surface area contributed by atoms with Crippen LogP contribution in [0.2, 0.25) is 0 Å². The third kappa shape index (κ3) is 4.29. The highest BCUT2D eigenvalue weighted by atomic mass is 32.2. The molecule has 0 saturated heterocycles. The zero-order chi connectivity index (χ0) is 17.9. The Kier molecular flexibility index (Phi) is 4.84. The fourth-order valence-corrected chi connectivity index (χ4v) is 2.63. The molecule has 24 heavy (non-hydrogen) atoms. The van der Waals surface area contributed by atoms with Crippen molar-refractivity contribution in [2.75, 3.05) is 16.3 Å². The smallest absolute Gasteiger partial charge is 0.274 e. The number of anilines is 2. The summed E-state index contributed by atoms with van der Waals surface area (Å²) in [5.41, 5.74) is 0.823. The van der Waals surface area contributed by atoms with E-state index in [1.165, 1.54) is 30.3 Å². The van der Waals surface area contributed by atoms with E-state index in [4.69, 9.17) is 0 Å². The molecule has 2 N–H and O–H groups in total. The minimum atomic E-state index is -3.55. The number of hydrogen-bond acceptors (Lipinski definition) is 5. The Bertz CT molecular complexity index is 909. The molecule has 0 radical (unpaired) electrons. The Hall–Kier alpha value is -2.94. The highest BCUT2D eigenvalue weighted by molar-refractivity contribution is 7.92. The predicted molar refractivity (Wildman–Crippen MR) is 90.7 cm³/mol. The van der Waals surface area contributed by atoms with Gasteiger partial charge in [0.15, 0.2) is 0 Å². The average molecular weight is 349 g/mol. The van der Waals surface area contributed by atoms with E-state index in [1.807, 2.05) is 0 Å². The molecule has 0 saturated carbocycles. The van der Waals surface area contributed by atoms with E-state index in [1.54, 1.807) is 19.1 Å². The first-order valence-corrected chi connectivity index (χ1v) is 8.70. The predicted octanol–water partition coefficient (Wildman–Crippen LogP) is 2.53. The summed E-state index contributed by atoms with van der Waals surface area (Å²) in [7, 11) is -3.55. The SMILES string of the molecule is Cc1ccc(NC(=O)c2ccccc2NS(C)(=O)=O)cc1[N+](=O)[O-]. The molecule has 0 unspecified atom stereocenters. The van der Waals surface area contributed by atoms with Crippen LogP contribution < -0.4 is 10.0 Å². The molecule has 0 heterocycles. The van der Waals surface area contributed by atoms with Crippen molar-refractivity contribution in [1.29, 1.82) is 0 Å². The molecule has 9 heteroatoms. The topological polar surface area (TPSA) is 118 Å². The Morgan fingerprint density at radius 3 is 2.46 bits per heavy atom. The number of aryl methyl sites for hydroxylation is 1.